The molecule has 0 N–H and O–H groups in total. The highest BCUT2D eigenvalue weighted by molar-refractivity contribution is 6.06. The maximum atomic E-state index is 13.8. The Morgan fingerprint density at radius 1 is 1.21 bits per heavy atom. The van der Waals surface area contributed by atoms with Crippen molar-refractivity contribution in [2.45, 2.75) is 43.7 Å². The Bertz CT molecular complexity index is 985. The summed E-state index contributed by atoms with van der Waals surface area (Å²) in [4.78, 5) is 43.3. The van der Waals surface area contributed by atoms with E-state index in [2.05, 4.69) is 6.08 Å². The summed E-state index contributed by atoms with van der Waals surface area (Å²) >= 11 is 0. The van der Waals surface area contributed by atoms with Gasteiger partial charge in [-0.25, -0.2) is 0 Å². The van der Waals surface area contributed by atoms with Crippen molar-refractivity contribution in [3.63, 3.8) is 0 Å². The maximum Gasteiger partial charge on any atom is 0.229 e. The van der Waals surface area contributed by atoms with Crippen LogP contribution in [-0.2, 0) is 24.5 Å². The molecule has 1 spiro atoms. The van der Waals surface area contributed by atoms with E-state index in [1.807, 2.05) is 34.1 Å². The minimum atomic E-state index is -0.747. The zero-order valence-corrected chi connectivity index (χ0v) is 16.5. The second-order valence-corrected chi connectivity index (χ2v) is 9.05. The van der Waals surface area contributed by atoms with Crippen molar-refractivity contribution in [2.24, 2.45) is 11.8 Å². The molecule has 0 radical (unpaired) electrons. The third kappa shape index (κ3) is 2.08. The van der Waals surface area contributed by atoms with Gasteiger partial charge in [0, 0.05) is 38.0 Å². The van der Waals surface area contributed by atoms with Crippen molar-refractivity contribution in [2.75, 3.05) is 24.6 Å². The number of ether oxygens (including phenoxy) is 1. The molecule has 4 fully saturated rings. The fourth-order valence-corrected chi connectivity index (χ4v) is 6.76. The lowest BCUT2D eigenvalue weighted by Crippen LogP contribution is -2.66. The number of fused-ring (bicyclic) bond motifs is 6. The number of anilines is 1. The molecular weight excluding hydrogens is 368 g/mol. The summed E-state index contributed by atoms with van der Waals surface area (Å²) < 4.78 is 6.17. The van der Waals surface area contributed by atoms with Crippen LogP contribution in [0.2, 0.25) is 0 Å². The molecule has 5 aliphatic heterocycles. The van der Waals surface area contributed by atoms with Gasteiger partial charge >= 0.3 is 0 Å². The van der Waals surface area contributed by atoms with Gasteiger partial charge in [-0.3, -0.25) is 14.4 Å². The molecule has 4 bridgehead atoms. The van der Waals surface area contributed by atoms with Crippen molar-refractivity contribution in [1.29, 1.82) is 0 Å². The standard InChI is InChI=1S/C23H24N2O4/c1-13(26)24-8-7-23-16-4-2-3-5-17(16)25-20(28)11-18-21(22(23)25)15(10-19(23)27)14(12-24)6-9-29-18/h2-6,15,18,21-22H,7-12H2,1H3/t15-,18+,21+,22+,23-/m0/s1. The van der Waals surface area contributed by atoms with E-state index in [0.717, 1.165) is 16.8 Å². The number of benzene rings is 1. The number of hydrogen-bond acceptors (Lipinski definition) is 4. The number of ketones is 1. The highest BCUT2D eigenvalue weighted by Gasteiger charge is 2.67. The van der Waals surface area contributed by atoms with Crippen molar-refractivity contribution in [3.8, 4) is 0 Å². The summed E-state index contributed by atoms with van der Waals surface area (Å²) in [5.41, 5.74) is 2.22. The zero-order chi connectivity index (χ0) is 19.9. The van der Waals surface area contributed by atoms with Crippen LogP contribution in [0, 0.1) is 11.8 Å². The number of amides is 2. The number of hydrogen-bond donors (Lipinski definition) is 0. The average molecular weight is 392 g/mol. The number of nitrogens with zero attached hydrogens (tertiary/aromatic N) is 2. The Balaban J connectivity index is 1.63. The van der Waals surface area contributed by atoms with Gasteiger partial charge in [-0.1, -0.05) is 24.3 Å². The molecule has 5 heterocycles. The highest BCUT2D eigenvalue weighted by Crippen LogP contribution is 2.60. The van der Waals surface area contributed by atoms with Crippen LogP contribution in [-0.4, -0.2) is 54.3 Å². The Kier molecular flexibility index (Phi) is 3.47. The topological polar surface area (TPSA) is 66.9 Å². The van der Waals surface area contributed by atoms with Crippen molar-refractivity contribution >= 4 is 23.3 Å². The molecule has 0 aromatic heterocycles. The van der Waals surface area contributed by atoms with Crippen molar-refractivity contribution in [3.05, 3.63) is 41.5 Å². The molecule has 1 aliphatic carbocycles. The Morgan fingerprint density at radius 2 is 2.03 bits per heavy atom. The second kappa shape index (κ2) is 5.79. The zero-order valence-electron chi connectivity index (χ0n) is 16.5. The van der Waals surface area contributed by atoms with Crippen LogP contribution in [0.3, 0.4) is 0 Å². The van der Waals surface area contributed by atoms with Crippen LogP contribution >= 0.6 is 0 Å². The lowest BCUT2D eigenvalue weighted by Gasteiger charge is -2.53. The van der Waals surface area contributed by atoms with Crippen molar-refractivity contribution < 1.29 is 19.1 Å². The number of para-hydroxylation sites is 1. The van der Waals surface area contributed by atoms with Crippen LogP contribution in [0.25, 0.3) is 0 Å². The van der Waals surface area contributed by atoms with Gasteiger partial charge < -0.3 is 14.5 Å². The molecule has 1 saturated carbocycles. The predicted molar refractivity (Wildman–Crippen MR) is 105 cm³/mol. The first-order chi connectivity index (χ1) is 14.0. The van der Waals surface area contributed by atoms with E-state index in [0.29, 0.717) is 39.0 Å². The molecule has 0 unspecified atom stereocenters. The lowest BCUT2D eigenvalue weighted by molar-refractivity contribution is -0.140. The molecule has 7 rings (SSSR count). The Labute approximate surface area is 169 Å². The van der Waals surface area contributed by atoms with Crippen LogP contribution in [0.1, 0.15) is 31.7 Å². The molecule has 5 atom stereocenters. The first kappa shape index (κ1) is 17.4. The summed E-state index contributed by atoms with van der Waals surface area (Å²) in [7, 11) is 0. The van der Waals surface area contributed by atoms with Gasteiger partial charge in [0.25, 0.3) is 0 Å². The van der Waals surface area contributed by atoms with Gasteiger partial charge in [0.2, 0.25) is 11.8 Å². The first-order valence-corrected chi connectivity index (χ1v) is 10.5. The van der Waals surface area contributed by atoms with Gasteiger partial charge in [-0.15, -0.1) is 0 Å². The lowest BCUT2D eigenvalue weighted by atomic mass is 9.55. The molecule has 6 heteroatoms. The largest absolute Gasteiger partial charge is 0.373 e. The van der Waals surface area contributed by atoms with Crippen LogP contribution < -0.4 is 4.90 Å². The van der Waals surface area contributed by atoms with E-state index in [9.17, 15) is 14.4 Å². The molecule has 3 saturated heterocycles. The molecule has 1 aromatic carbocycles. The van der Waals surface area contributed by atoms with E-state index >= 15 is 0 Å². The number of rotatable bonds is 0. The molecule has 1 aromatic rings. The second-order valence-electron chi connectivity index (χ2n) is 9.05. The molecule has 2 amide bonds. The Hall–Kier alpha value is -2.47. The average Bonchev–Trinajstić information content (AvgIpc) is 2.95. The first-order valence-electron chi connectivity index (χ1n) is 10.5. The van der Waals surface area contributed by atoms with Crippen LogP contribution in [0.5, 0.6) is 0 Å². The van der Waals surface area contributed by atoms with Gasteiger partial charge in [0.05, 0.1) is 30.6 Å². The molecule has 150 valence electrons. The SMILES string of the molecule is CC(=O)N1CC[C@@]23C(=O)C[C@H]4C(=CCO[C@@H]5CC(=O)N(c6ccccc62)[C@@H]3[C@@H]54)C1. The fraction of sp³-hybridized carbons (Fsp3) is 0.522. The molecule has 29 heavy (non-hydrogen) atoms. The number of carbonyl (C=O) groups excluding carboxylic acids is 3. The van der Waals surface area contributed by atoms with E-state index in [1.165, 1.54) is 0 Å². The van der Waals surface area contributed by atoms with Crippen LogP contribution in [0.15, 0.2) is 35.9 Å². The van der Waals surface area contributed by atoms with Crippen molar-refractivity contribution in [1.82, 2.24) is 4.90 Å². The maximum absolute atomic E-state index is 13.8. The summed E-state index contributed by atoms with van der Waals surface area (Å²) in [6, 6.07) is 7.66. The van der Waals surface area contributed by atoms with Gasteiger partial charge in [-0.2, -0.15) is 0 Å². The minimum absolute atomic E-state index is 0.0259. The number of Topliss-reactive ketones (excluding diaryl/α,β-unsaturated/α-hetero) is 1. The highest BCUT2D eigenvalue weighted by atomic mass is 16.5. The third-order valence-corrected chi connectivity index (χ3v) is 7.96. The quantitative estimate of drug-likeness (QED) is 0.632. The van der Waals surface area contributed by atoms with Gasteiger partial charge in [0.15, 0.2) is 0 Å². The summed E-state index contributed by atoms with van der Waals surface area (Å²) in [6.45, 7) is 3.11. The van der Waals surface area contributed by atoms with E-state index in [-0.39, 0.29) is 41.6 Å². The normalized spacial score (nSPS) is 37.3. The Morgan fingerprint density at radius 3 is 2.86 bits per heavy atom. The fourth-order valence-electron chi connectivity index (χ4n) is 6.76. The van der Waals surface area contributed by atoms with E-state index in [4.69, 9.17) is 4.74 Å². The summed E-state index contributed by atoms with van der Waals surface area (Å²) in [5.74, 6) is 0.395. The molecule has 6 nitrogen and oxygen atoms in total. The van der Waals surface area contributed by atoms with E-state index < -0.39 is 5.41 Å². The molecular formula is C23H24N2O4. The number of carbonyl (C=O) groups is 3. The molecule has 6 aliphatic rings. The smallest absolute Gasteiger partial charge is 0.229 e. The minimum Gasteiger partial charge on any atom is -0.373 e. The summed E-state index contributed by atoms with van der Waals surface area (Å²) in [5, 5.41) is 0. The van der Waals surface area contributed by atoms with Gasteiger partial charge in [-0.05, 0) is 29.5 Å². The number of piperidine rings is 1. The summed E-state index contributed by atoms with van der Waals surface area (Å²) in [6.07, 6.45) is 3.26. The monoisotopic (exact) mass is 392 g/mol. The third-order valence-electron chi connectivity index (χ3n) is 7.96. The van der Waals surface area contributed by atoms with Gasteiger partial charge in [0.1, 0.15) is 5.78 Å². The van der Waals surface area contributed by atoms with E-state index in [1.54, 1.807) is 6.92 Å². The van der Waals surface area contributed by atoms with Crippen LogP contribution in [0.4, 0.5) is 5.69 Å². The predicted octanol–water partition coefficient (Wildman–Crippen LogP) is 1.83.